The minimum Gasteiger partial charge on any atom is -0.398 e. The first-order chi connectivity index (χ1) is 7.77. The molecule has 0 fully saturated rings. The van der Waals surface area contributed by atoms with Crippen LogP contribution in [0.5, 0.6) is 0 Å². The van der Waals surface area contributed by atoms with E-state index < -0.39 is 0 Å². The van der Waals surface area contributed by atoms with Crippen LogP contribution in [0.1, 0.15) is 5.56 Å². The molecule has 2 N–H and O–H groups in total. The predicted octanol–water partition coefficient (Wildman–Crippen LogP) is 1.70. The van der Waals surface area contributed by atoms with Crippen molar-refractivity contribution in [3.63, 3.8) is 0 Å². The fourth-order valence-electron chi connectivity index (χ4n) is 1.49. The van der Waals surface area contributed by atoms with E-state index in [9.17, 15) is 0 Å². The lowest BCUT2D eigenvalue weighted by Gasteiger charge is -2.17. The van der Waals surface area contributed by atoms with E-state index in [1.807, 2.05) is 36.2 Å². The van der Waals surface area contributed by atoms with Crippen LogP contribution < -0.4 is 10.6 Å². The molecule has 1 heterocycles. The van der Waals surface area contributed by atoms with Crippen LogP contribution in [0.25, 0.3) is 0 Å². The second kappa shape index (κ2) is 4.61. The maximum atomic E-state index is 5.88. The van der Waals surface area contributed by atoms with Gasteiger partial charge in [0, 0.05) is 31.7 Å². The van der Waals surface area contributed by atoms with Gasteiger partial charge in [-0.3, -0.25) is 0 Å². The normalized spacial score (nSPS) is 10.1. The van der Waals surface area contributed by atoms with Gasteiger partial charge in [0.15, 0.2) is 0 Å². The molecule has 82 valence electrons. The topological polar surface area (TPSA) is 55.0 Å². The second-order valence-corrected chi connectivity index (χ2v) is 3.60. The van der Waals surface area contributed by atoms with Gasteiger partial charge in [0.2, 0.25) is 5.95 Å². The van der Waals surface area contributed by atoms with Gasteiger partial charge in [-0.15, -0.1) is 0 Å². The first kappa shape index (κ1) is 10.4. The highest BCUT2D eigenvalue weighted by atomic mass is 15.2. The summed E-state index contributed by atoms with van der Waals surface area (Å²) in [6.07, 6.45) is 3.46. The number of nitrogen functional groups attached to an aromatic ring is 1. The highest BCUT2D eigenvalue weighted by Gasteiger charge is 2.05. The summed E-state index contributed by atoms with van der Waals surface area (Å²) in [5, 5.41) is 0. The lowest BCUT2D eigenvalue weighted by Crippen LogP contribution is -2.19. The van der Waals surface area contributed by atoms with Gasteiger partial charge >= 0.3 is 0 Å². The number of nitrogens with two attached hydrogens (primary N) is 1. The molecular formula is C12H14N4. The molecule has 4 nitrogen and oxygen atoms in total. The van der Waals surface area contributed by atoms with E-state index in [1.54, 1.807) is 18.5 Å². The van der Waals surface area contributed by atoms with E-state index >= 15 is 0 Å². The first-order valence-electron chi connectivity index (χ1n) is 5.09. The average Bonchev–Trinajstić information content (AvgIpc) is 2.33. The molecule has 0 unspecified atom stereocenters. The standard InChI is InChI=1S/C12H14N4/c1-16(12-14-7-4-8-15-12)9-10-5-2-3-6-11(10)13/h2-8H,9,13H2,1H3. The Kier molecular flexibility index (Phi) is 3.00. The molecule has 0 aliphatic heterocycles. The van der Waals surface area contributed by atoms with Gasteiger partial charge in [0.1, 0.15) is 0 Å². The quantitative estimate of drug-likeness (QED) is 0.790. The van der Waals surface area contributed by atoms with Crippen molar-refractivity contribution >= 4 is 11.6 Å². The molecule has 2 aromatic rings. The Morgan fingerprint density at radius 3 is 2.50 bits per heavy atom. The smallest absolute Gasteiger partial charge is 0.225 e. The molecule has 2 rings (SSSR count). The number of benzene rings is 1. The van der Waals surface area contributed by atoms with Crippen molar-refractivity contribution in [1.29, 1.82) is 0 Å². The van der Waals surface area contributed by atoms with E-state index in [1.165, 1.54) is 0 Å². The lowest BCUT2D eigenvalue weighted by atomic mass is 10.2. The summed E-state index contributed by atoms with van der Waals surface area (Å²) in [4.78, 5) is 10.3. The van der Waals surface area contributed by atoms with Crippen LogP contribution in [0.15, 0.2) is 42.7 Å². The SMILES string of the molecule is CN(Cc1ccccc1N)c1ncccn1. The molecule has 0 radical (unpaired) electrons. The monoisotopic (exact) mass is 214 g/mol. The number of aromatic nitrogens is 2. The Morgan fingerprint density at radius 2 is 1.81 bits per heavy atom. The third-order valence-corrected chi connectivity index (χ3v) is 2.36. The highest BCUT2D eigenvalue weighted by molar-refractivity contribution is 5.48. The average molecular weight is 214 g/mol. The van der Waals surface area contributed by atoms with Crippen LogP contribution in [0.3, 0.4) is 0 Å². The van der Waals surface area contributed by atoms with Gasteiger partial charge in [-0.25, -0.2) is 9.97 Å². The van der Waals surface area contributed by atoms with Crippen molar-refractivity contribution in [2.45, 2.75) is 6.54 Å². The molecule has 1 aromatic carbocycles. The molecule has 16 heavy (non-hydrogen) atoms. The van der Waals surface area contributed by atoms with E-state index in [0.717, 1.165) is 11.3 Å². The summed E-state index contributed by atoms with van der Waals surface area (Å²) < 4.78 is 0. The van der Waals surface area contributed by atoms with E-state index in [0.29, 0.717) is 12.5 Å². The molecule has 0 spiro atoms. The summed E-state index contributed by atoms with van der Waals surface area (Å²) in [6, 6.07) is 9.61. The van der Waals surface area contributed by atoms with Crippen molar-refractivity contribution in [2.24, 2.45) is 0 Å². The fourth-order valence-corrected chi connectivity index (χ4v) is 1.49. The third kappa shape index (κ3) is 2.28. The maximum Gasteiger partial charge on any atom is 0.225 e. The fraction of sp³-hybridized carbons (Fsp3) is 0.167. The second-order valence-electron chi connectivity index (χ2n) is 3.60. The zero-order valence-electron chi connectivity index (χ0n) is 9.17. The molecule has 0 amide bonds. The molecule has 0 saturated heterocycles. The minimum absolute atomic E-state index is 0.700. The van der Waals surface area contributed by atoms with Crippen LogP contribution in [0.2, 0.25) is 0 Å². The zero-order valence-corrected chi connectivity index (χ0v) is 9.17. The summed E-state index contributed by atoms with van der Waals surface area (Å²) in [5.74, 6) is 0.700. The number of rotatable bonds is 3. The zero-order chi connectivity index (χ0) is 11.4. The highest BCUT2D eigenvalue weighted by Crippen LogP contribution is 2.14. The molecule has 4 heteroatoms. The lowest BCUT2D eigenvalue weighted by molar-refractivity contribution is 0.868. The summed E-state index contributed by atoms with van der Waals surface area (Å²) in [6.45, 7) is 0.705. The molecule has 0 saturated carbocycles. The summed E-state index contributed by atoms with van der Waals surface area (Å²) >= 11 is 0. The van der Waals surface area contributed by atoms with Crippen molar-refractivity contribution in [1.82, 2.24) is 9.97 Å². The Labute approximate surface area is 94.8 Å². The Morgan fingerprint density at radius 1 is 1.12 bits per heavy atom. The van der Waals surface area contributed by atoms with Gasteiger partial charge in [-0.1, -0.05) is 18.2 Å². The van der Waals surface area contributed by atoms with Crippen LogP contribution in [0, 0.1) is 0 Å². The summed E-state index contributed by atoms with van der Waals surface area (Å²) in [5.41, 5.74) is 7.76. The van der Waals surface area contributed by atoms with Crippen LogP contribution in [-0.4, -0.2) is 17.0 Å². The number of nitrogens with zero attached hydrogens (tertiary/aromatic N) is 3. The van der Waals surface area contributed by atoms with Crippen LogP contribution >= 0.6 is 0 Å². The van der Waals surface area contributed by atoms with Gasteiger partial charge in [-0.05, 0) is 17.7 Å². The van der Waals surface area contributed by atoms with E-state index in [2.05, 4.69) is 9.97 Å². The molecule has 0 aliphatic carbocycles. The van der Waals surface area contributed by atoms with Gasteiger partial charge in [-0.2, -0.15) is 0 Å². The molecule has 0 atom stereocenters. The van der Waals surface area contributed by atoms with Gasteiger partial charge in [0.05, 0.1) is 0 Å². The largest absolute Gasteiger partial charge is 0.398 e. The van der Waals surface area contributed by atoms with Gasteiger partial charge < -0.3 is 10.6 Å². The minimum atomic E-state index is 0.700. The van der Waals surface area contributed by atoms with Crippen molar-refractivity contribution in [3.8, 4) is 0 Å². The first-order valence-corrected chi connectivity index (χ1v) is 5.09. The molecular weight excluding hydrogens is 200 g/mol. The number of hydrogen-bond donors (Lipinski definition) is 1. The number of anilines is 2. The molecule has 0 bridgehead atoms. The van der Waals surface area contributed by atoms with E-state index in [4.69, 9.17) is 5.73 Å². The Bertz CT molecular complexity index is 456. The Balaban J connectivity index is 2.14. The van der Waals surface area contributed by atoms with Crippen molar-refractivity contribution in [2.75, 3.05) is 17.7 Å². The third-order valence-electron chi connectivity index (χ3n) is 2.36. The van der Waals surface area contributed by atoms with Crippen molar-refractivity contribution < 1.29 is 0 Å². The maximum absolute atomic E-state index is 5.88. The van der Waals surface area contributed by atoms with Gasteiger partial charge in [0.25, 0.3) is 0 Å². The van der Waals surface area contributed by atoms with E-state index in [-0.39, 0.29) is 0 Å². The molecule has 0 aliphatic rings. The number of hydrogen-bond acceptors (Lipinski definition) is 4. The van der Waals surface area contributed by atoms with Crippen LogP contribution in [0.4, 0.5) is 11.6 Å². The number of para-hydroxylation sites is 1. The Hall–Kier alpha value is -2.10. The predicted molar refractivity (Wildman–Crippen MR) is 65.0 cm³/mol. The van der Waals surface area contributed by atoms with Crippen molar-refractivity contribution in [3.05, 3.63) is 48.3 Å². The molecule has 1 aromatic heterocycles. The summed E-state index contributed by atoms with van der Waals surface area (Å²) in [7, 11) is 1.95. The van der Waals surface area contributed by atoms with Crippen LogP contribution in [-0.2, 0) is 6.54 Å².